The van der Waals surface area contributed by atoms with Gasteiger partial charge in [0.2, 0.25) is 0 Å². The van der Waals surface area contributed by atoms with Crippen LogP contribution in [0.2, 0.25) is 0 Å². The van der Waals surface area contributed by atoms with Gasteiger partial charge in [0.1, 0.15) is 10.9 Å². The van der Waals surface area contributed by atoms with Gasteiger partial charge in [-0.25, -0.2) is 0 Å². The second-order valence-corrected chi connectivity index (χ2v) is 4.50. The quantitative estimate of drug-likeness (QED) is 0.622. The van der Waals surface area contributed by atoms with Crippen LogP contribution < -0.4 is 0 Å². The van der Waals surface area contributed by atoms with E-state index in [2.05, 4.69) is 36.6 Å². The van der Waals surface area contributed by atoms with Gasteiger partial charge in [0.25, 0.3) is 0 Å². The molecule has 0 spiro atoms. The van der Waals surface area contributed by atoms with Crippen molar-refractivity contribution in [3.8, 4) is 0 Å². The van der Waals surface area contributed by atoms with E-state index in [0.717, 1.165) is 0 Å². The maximum Gasteiger partial charge on any atom is 0.323 e. The van der Waals surface area contributed by atoms with E-state index in [0.29, 0.717) is 5.33 Å². The lowest BCUT2D eigenvalue weighted by atomic mass is 10.2. The molecule has 0 aliphatic carbocycles. The van der Waals surface area contributed by atoms with Crippen LogP contribution in [0.25, 0.3) is 0 Å². The zero-order valence-corrected chi connectivity index (χ0v) is 9.31. The standard InChI is InChI=1S/C6H10Br2O3/c1-6(8,4-7)5(10)11-3-2-9/h9H,2-4H2,1H3. The van der Waals surface area contributed by atoms with Crippen LogP contribution in [0.4, 0.5) is 0 Å². The largest absolute Gasteiger partial charge is 0.462 e. The van der Waals surface area contributed by atoms with Gasteiger partial charge >= 0.3 is 5.97 Å². The van der Waals surface area contributed by atoms with Crippen molar-refractivity contribution >= 4 is 37.8 Å². The minimum Gasteiger partial charge on any atom is -0.462 e. The number of aliphatic hydroxyl groups excluding tert-OH is 1. The molecule has 1 N–H and O–H groups in total. The van der Waals surface area contributed by atoms with E-state index < -0.39 is 4.32 Å². The van der Waals surface area contributed by atoms with Crippen molar-refractivity contribution in [3.63, 3.8) is 0 Å². The van der Waals surface area contributed by atoms with Crippen LogP contribution in [0.3, 0.4) is 0 Å². The number of aliphatic hydroxyl groups is 1. The molecule has 0 rings (SSSR count). The van der Waals surface area contributed by atoms with Crippen LogP contribution in [0.1, 0.15) is 6.92 Å². The smallest absolute Gasteiger partial charge is 0.323 e. The highest BCUT2D eigenvalue weighted by Gasteiger charge is 2.30. The van der Waals surface area contributed by atoms with E-state index in [1.54, 1.807) is 6.92 Å². The highest BCUT2D eigenvalue weighted by atomic mass is 79.9. The van der Waals surface area contributed by atoms with Crippen molar-refractivity contribution in [3.05, 3.63) is 0 Å². The van der Waals surface area contributed by atoms with Gasteiger partial charge in [0.05, 0.1) is 6.61 Å². The molecule has 0 aromatic carbocycles. The van der Waals surface area contributed by atoms with E-state index in [-0.39, 0.29) is 19.2 Å². The molecule has 0 aliphatic rings. The van der Waals surface area contributed by atoms with E-state index >= 15 is 0 Å². The van der Waals surface area contributed by atoms with Crippen LogP contribution in [0, 0.1) is 0 Å². The zero-order valence-electron chi connectivity index (χ0n) is 6.14. The summed E-state index contributed by atoms with van der Waals surface area (Å²) < 4.78 is 3.99. The maximum absolute atomic E-state index is 11.0. The van der Waals surface area contributed by atoms with Gasteiger partial charge in [-0.15, -0.1) is 0 Å². The first-order valence-electron chi connectivity index (χ1n) is 3.07. The Morgan fingerprint density at radius 1 is 1.73 bits per heavy atom. The van der Waals surface area contributed by atoms with E-state index in [4.69, 9.17) is 5.11 Å². The van der Waals surface area contributed by atoms with Crippen molar-refractivity contribution < 1.29 is 14.6 Å². The molecule has 0 radical (unpaired) electrons. The molecule has 0 amide bonds. The summed E-state index contributed by atoms with van der Waals surface area (Å²) in [6, 6.07) is 0. The molecule has 0 aromatic heterocycles. The SMILES string of the molecule is CC(Br)(CBr)C(=O)OCCO. The topological polar surface area (TPSA) is 46.5 Å². The predicted molar refractivity (Wildman–Crippen MR) is 49.2 cm³/mol. The molecule has 0 aromatic rings. The molecule has 66 valence electrons. The molecule has 1 unspecified atom stereocenters. The lowest BCUT2D eigenvalue weighted by molar-refractivity contribution is -0.146. The van der Waals surface area contributed by atoms with Gasteiger partial charge in [0.15, 0.2) is 0 Å². The van der Waals surface area contributed by atoms with Crippen molar-refractivity contribution in [1.82, 2.24) is 0 Å². The Morgan fingerprint density at radius 2 is 2.27 bits per heavy atom. The number of halogens is 2. The normalized spacial score (nSPS) is 15.6. The summed E-state index contributed by atoms with van der Waals surface area (Å²) in [7, 11) is 0. The van der Waals surface area contributed by atoms with E-state index in [1.807, 2.05) is 0 Å². The summed E-state index contributed by atoms with van der Waals surface area (Å²) >= 11 is 6.33. The molecule has 0 saturated heterocycles. The number of carbonyl (C=O) groups is 1. The van der Waals surface area contributed by atoms with Gasteiger partial charge in [-0.3, -0.25) is 4.79 Å². The Balaban J connectivity index is 3.82. The first kappa shape index (κ1) is 11.4. The third kappa shape index (κ3) is 4.08. The van der Waals surface area contributed by atoms with Crippen LogP contribution in [0.5, 0.6) is 0 Å². The second kappa shape index (κ2) is 5.11. The fraction of sp³-hybridized carbons (Fsp3) is 0.833. The first-order chi connectivity index (χ1) is 5.04. The molecule has 11 heavy (non-hydrogen) atoms. The molecule has 0 fully saturated rings. The lowest BCUT2D eigenvalue weighted by Crippen LogP contribution is -2.32. The molecule has 3 nitrogen and oxygen atoms in total. The first-order valence-corrected chi connectivity index (χ1v) is 4.99. The Bertz CT molecular complexity index is 136. The third-order valence-corrected chi connectivity index (χ3v) is 3.48. The maximum atomic E-state index is 11.0. The van der Waals surface area contributed by atoms with Crippen LogP contribution in [0.15, 0.2) is 0 Å². The van der Waals surface area contributed by atoms with Gasteiger partial charge in [-0.1, -0.05) is 31.9 Å². The molecular formula is C6H10Br2O3. The molecular weight excluding hydrogens is 280 g/mol. The van der Waals surface area contributed by atoms with Crippen molar-refractivity contribution in [1.29, 1.82) is 0 Å². The zero-order chi connectivity index (χ0) is 8.91. The minimum atomic E-state index is -0.692. The molecule has 1 atom stereocenters. The number of carbonyl (C=O) groups excluding carboxylic acids is 1. The number of rotatable bonds is 4. The average molecular weight is 290 g/mol. The summed E-state index contributed by atoms with van der Waals surface area (Å²) in [5.41, 5.74) is 0. The van der Waals surface area contributed by atoms with Gasteiger partial charge < -0.3 is 9.84 Å². The number of hydrogen-bond acceptors (Lipinski definition) is 3. The van der Waals surface area contributed by atoms with Crippen molar-refractivity contribution in [2.75, 3.05) is 18.5 Å². The Labute approximate surface area is 82.4 Å². The lowest BCUT2D eigenvalue weighted by Gasteiger charge is -2.16. The van der Waals surface area contributed by atoms with Crippen LogP contribution >= 0.6 is 31.9 Å². The second-order valence-electron chi connectivity index (χ2n) is 2.19. The summed E-state index contributed by atoms with van der Waals surface area (Å²) in [5, 5.41) is 8.83. The summed E-state index contributed by atoms with van der Waals surface area (Å²) in [6.45, 7) is 1.60. The minimum absolute atomic E-state index is 0.0486. The fourth-order valence-electron chi connectivity index (χ4n) is 0.343. The molecule has 0 heterocycles. The van der Waals surface area contributed by atoms with Crippen LogP contribution in [-0.2, 0) is 9.53 Å². The highest BCUT2D eigenvalue weighted by molar-refractivity contribution is 9.12. The van der Waals surface area contributed by atoms with Gasteiger partial charge in [-0.2, -0.15) is 0 Å². The summed E-state index contributed by atoms with van der Waals surface area (Å²) in [6.07, 6.45) is 0. The number of alkyl halides is 2. The van der Waals surface area contributed by atoms with Crippen molar-refractivity contribution in [2.45, 2.75) is 11.2 Å². The molecule has 5 heteroatoms. The van der Waals surface area contributed by atoms with E-state index in [1.165, 1.54) is 0 Å². The summed E-state index contributed by atoms with van der Waals surface area (Å²) in [5.74, 6) is -0.372. The van der Waals surface area contributed by atoms with Crippen LogP contribution in [-0.4, -0.2) is 33.9 Å². The predicted octanol–water partition coefficient (Wildman–Crippen LogP) is 1.07. The Kier molecular flexibility index (Phi) is 5.29. The fourth-order valence-corrected chi connectivity index (χ4v) is 0.687. The monoisotopic (exact) mass is 288 g/mol. The molecule has 0 saturated carbocycles. The number of hydrogen-bond donors (Lipinski definition) is 1. The van der Waals surface area contributed by atoms with Gasteiger partial charge in [0, 0.05) is 5.33 Å². The average Bonchev–Trinajstić information content (AvgIpc) is 2.00. The molecule has 0 bridgehead atoms. The Morgan fingerprint density at radius 3 is 2.64 bits per heavy atom. The highest BCUT2D eigenvalue weighted by Crippen LogP contribution is 2.21. The van der Waals surface area contributed by atoms with E-state index in [9.17, 15) is 4.79 Å². The van der Waals surface area contributed by atoms with Crippen molar-refractivity contribution in [2.24, 2.45) is 0 Å². The van der Waals surface area contributed by atoms with Gasteiger partial charge in [-0.05, 0) is 6.92 Å². The summed E-state index contributed by atoms with van der Waals surface area (Å²) in [4.78, 5) is 11.0. The number of ether oxygens (including phenoxy) is 1. The number of esters is 1. The third-order valence-electron chi connectivity index (χ3n) is 1.00. The molecule has 0 aliphatic heterocycles. The Hall–Kier alpha value is 0.390.